The summed E-state index contributed by atoms with van der Waals surface area (Å²) in [7, 11) is 0. The highest BCUT2D eigenvalue weighted by atomic mass is 16.1. The van der Waals surface area contributed by atoms with Gasteiger partial charge in [-0.3, -0.25) is 4.79 Å². The maximum Gasteiger partial charge on any atom is 0.195 e. The number of hydrogen-bond donors (Lipinski definition) is 0. The Hall–Kier alpha value is -2.87. The Morgan fingerprint density at radius 2 is 1.68 bits per heavy atom. The van der Waals surface area contributed by atoms with Crippen molar-refractivity contribution in [2.24, 2.45) is 0 Å². The van der Waals surface area contributed by atoms with Crippen molar-refractivity contribution in [1.29, 1.82) is 0 Å². The molecule has 0 aliphatic carbocycles. The van der Waals surface area contributed by atoms with Crippen LogP contribution in [-0.2, 0) is 6.54 Å². The van der Waals surface area contributed by atoms with E-state index in [1.807, 2.05) is 30.3 Å². The molecular weight excluding hydrogens is 342 g/mol. The number of nitrogens with zero attached hydrogens (tertiary/aromatic N) is 1. The fourth-order valence-electron chi connectivity index (χ4n) is 4.05. The zero-order chi connectivity index (χ0) is 19.5. The quantitative estimate of drug-likeness (QED) is 0.256. The Kier molecular flexibility index (Phi) is 5.29. The number of aromatic nitrogens is 1. The van der Waals surface area contributed by atoms with Crippen LogP contribution in [0.3, 0.4) is 0 Å². The molecule has 3 aromatic carbocycles. The number of rotatable bonds is 7. The zero-order valence-corrected chi connectivity index (χ0v) is 16.7. The summed E-state index contributed by atoms with van der Waals surface area (Å²) < 4.78 is 2.27. The first-order valence-corrected chi connectivity index (χ1v) is 10.3. The second-order valence-electron chi connectivity index (χ2n) is 7.67. The van der Waals surface area contributed by atoms with E-state index < -0.39 is 0 Å². The first-order chi connectivity index (χ1) is 13.7. The monoisotopic (exact) mass is 369 g/mol. The first-order valence-electron chi connectivity index (χ1n) is 10.3. The molecule has 0 bridgehead atoms. The van der Waals surface area contributed by atoms with Gasteiger partial charge < -0.3 is 4.57 Å². The zero-order valence-electron chi connectivity index (χ0n) is 16.7. The minimum atomic E-state index is 0.109. The van der Waals surface area contributed by atoms with Crippen LogP contribution in [0.25, 0.3) is 21.7 Å². The van der Waals surface area contributed by atoms with Gasteiger partial charge in [-0.25, -0.2) is 0 Å². The smallest absolute Gasteiger partial charge is 0.195 e. The fourth-order valence-corrected chi connectivity index (χ4v) is 4.05. The van der Waals surface area contributed by atoms with Gasteiger partial charge in [0, 0.05) is 34.8 Å². The lowest BCUT2D eigenvalue weighted by atomic mass is 9.97. The lowest BCUT2D eigenvalue weighted by molar-refractivity contribution is 0.104. The van der Waals surface area contributed by atoms with Crippen molar-refractivity contribution >= 4 is 27.5 Å². The predicted octanol–water partition coefficient (Wildman–Crippen LogP) is 6.91. The molecule has 4 rings (SSSR count). The molecule has 0 fully saturated rings. The average Bonchev–Trinajstić information content (AvgIpc) is 3.08. The van der Waals surface area contributed by atoms with E-state index in [-0.39, 0.29) is 5.78 Å². The molecule has 0 spiro atoms. The van der Waals surface area contributed by atoms with Crippen LogP contribution in [0.5, 0.6) is 0 Å². The number of hydrogen-bond acceptors (Lipinski definition) is 1. The van der Waals surface area contributed by atoms with Crippen molar-refractivity contribution < 1.29 is 4.79 Å². The largest absolute Gasteiger partial charge is 0.347 e. The molecule has 0 saturated heterocycles. The fraction of sp³-hybridized carbons (Fsp3) is 0.269. The van der Waals surface area contributed by atoms with Crippen molar-refractivity contribution in [3.63, 3.8) is 0 Å². The Balaban J connectivity index is 1.78. The molecule has 4 aromatic rings. The van der Waals surface area contributed by atoms with Gasteiger partial charge in [0.2, 0.25) is 0 Å². The van der Waals surface area contributed by atoms with Crippen molar-refractivity contribution in [3.05, 3.63) is 83.6 Å². The van der Waals surface area contributed by atoms with Crippen LogP contribution in [0.2, 0.25) is 0 Å². The van der Waals surface area contributed by atoms with Crippen LogP contribution < -0.4 is 0 Å². The highest BCUT2D eigenvalue weighted by Gasteiger charge is 2.18. The maximum absolute atomic E-state index is 13.5. The molecule has 0 aliphatic rings. The Morgan fingerprint density at radius 3 is 2.54 bits per heavy atom. The molecule has 0 radical (unpaired) electrons. The molecule has 142 valence electrons. The van der Waals surface area contributed by atoms with Gasteiger partial charge in [-0.05, 0) is 35.7 Å². The third kappa shape index (κ3) is 3.47. The number of fused-ring (bicyclic) bond motifs is 2. The molecule has 0 saturated carbocycles. The molecule has 1 aromatic heterocycles. The number of aryl methyl sites for hydroxylation is 2. The molecule has 2 nitrogen and oxygen atoms in total. The van der Waals surface area contributed by atoms with Gasteiger partial charge in [-0.2, -0.15) is 0 Å². The van der Waals surface area contributed by atoms with Crippen LogP contribution in [0.1, 0.15) is 54.1 Å². The van der Waals surface area contributed by atoms with Gasteiger partial charge in [-0.1, -0.05) is 80.8 Å². The van der Waals surface area contributed by atoms with Crippen LogP contribution in [0.15, 0.2) is 66.9 Å². The molecule has 0 unspecified atom stereocenters. The standard InChI is InChI=1S/C26H27NO/c1-3-4-5-8-16-27-18-24(22-15-14-19(2)17-25(22)27)26(28)23-13-9-11-20-10-6-7-12-21(20)23/h6-7,9-15,17-18H,3-5,8,16H2,1-2H3. The number of unbranched alkanes of at least 4 members (excludes halogenated alkanes) is 3. The van der Waals surface area contributed by atoms with E-state index in [9.17, 15) is 4.79 Å². The highest BCUT2D eigenvalue weighted by molar-refractivity contribution is 6.21. The molecular formula is C26H27NO. The Morgan fingerprint density at radius 1 is 0.857 bits per heavy atom. The molecule has 28 heavy (non-hydrogen) atoms. The van der Waals surface area contributed by atoms with Gasteiger partial charge in [0.25, 0.3) is 0 Å². The summed E-state index contributed by atoms with van der Waals surface area (Å²) in [5.41, 5.74) is 3.98. The predicted molar refractivity (Wildman–Crippen MR) is 118 cm³/mol. The minimum Gasteiger partial charge on any atom is -0.347 e. The lowest BCUT2D eigenvalue weighted by Crippen LogP contribution is -2.02. The lowest BCUT2D eigenvalue weighted by Gasteiger charge is -2.05. The topological polar surface area (TPSA) is 22.0 Å². The first kappa shape index (κ1) is 18.5. The summed E-state index contributed by atoms with van der Waals surface area (Å²) in [4.78, 5) is 13.5. The van der Waals surface area contributed by atoms with E-state index >= 15 is 0 Å². The normalized spacial score (nSPS) is 11.4. The van der Waals surface area contributed by atoms with E-state index in [1.54, 1.807) is 0 Å². The van der Waals surface area contributed by atoms with E-state index in [4.69, 9.17) is 0 Å². The molecule has 0 aliphatic heterocycles. The third-order valence-electron chi connectivity index (χ3n) is 5.57. The molecule has 2 heteroatoms. The Labute approximate surface area is 166 Å². The molecule has 0 atom stereocenters. The van der Waals surface area contributed by atoms with Gasteiger partial charge in [-0.15, -0.1) is 0 Å². The highest BCUT2D eigenvalue weighted by Crippen LogP contribution is 2.28. The minimum absolute atomic E-state index is 0.109. The van der Waals surface area contributed by atoms with E-state index in [0.29, 0.717) is 0 Å². The van der Waals surface area contributed by atoms with Crippen LogP contribution in [-0.4, -0.2) is 10.4 Å². The second-order valence-corrected chi connectivity index (χ2v) is 7.67. The van der Waals surface area contributed by atoms with Crippen LogP contribution >= 0.6 is 0 Å². The second kappa shape index (κ2) is 8.02. The SMILES string of the molecule is CCCCCCn1cc(C(=O)c2cccc3ccccc23)c2ccc(C)cc21. The van der Waals surface area contributed by atoms with Gasteiger partial charge in [0.1, 0.15) is 0 Å². The van der Waals surface area contributed by atoms with Crippen molar-refractivity contribution in [2.75, 3.05) is 0 Å². The van der Waals surface area contributed by atoms with Gasteiger partial charge >= 0.3 is 0 Å². The van der Waals surface area contributed by atoms with Crippen molar-refractivity contribution in [2.45, 2.75) is 46.1 Å². The summed E-state index contributed by atoms with van der Waals surface area (Å²) >= 11 is 0. The summed E-state index contributed by atoms with van der Waals surface area (Å²) in [6, 6.07) is 20.5. The van der Waals surface area contributed by atoms with Crippen LogP contribution in [0, 0.1) is 6.92 Å². The summed E-state index contributed by atoms with van der Waals surface area (Å²) in [5.74, 6) is 0.109. The third-order valence-corrected chi connectivity index (χ3v) is 5.57. The van der Waals surface area contributed by atoms with E-state index in [2.05, 4.69) is 54.9 Å². The van der Waals surface area contributed by atoms with Gasteiger partial charge in [0.05, 0.1) is 0 Å². The van der Waals surface area contributed by atoms with Crippen molar-refractivity contribution in [1.82, 2.24) is 4.57 Å². The van der Waals surface area contributed by atoms with E-state index in [0.717, 1.165) is 40.3 Å². The van der Waals surface area contributed by atoms with Crippen LogP contribution in [0.4, 0.5) is 0 Å². The summed E-state index contributed by atoms with van der Waals surface area (Å²) in [6.07, 6.45) is 6.94. The molecule has 0 amide bonds. The number of benzene rings is 3. The van der Waals surface area contributed by atoms with Crippen molar-refractivity contribution in [3.8, 4) is 0 Å². The Bertz CT molecular complexity index is 1130. The number of carbonyl (C=O) groups is 1. The van der Waals surface area contributed by atoms with Gasteiger partial charge in [0.15, 0.2) is 5.78 Å². The maximum atomic E-state index is 13.5. The molecule has 0 N–H and O–H groups in total. The average molecular weight is 370 g/mol. The molecule has 1 heterocycles. The van der Waals surface area contributed by atoms with E-state index in [1.165, 1.54) is 30.3 Å². The summed E-state index contributed by atoms with van der Waals surface area (Å²) in [5, 5.41) is 3.18. The summed E-state index contributed by atoms with van der Waals surface area (Å²) in [6.45, 7) is 5.30. The number of carbonyl (C=O) groups excluding carboxylic acids is 1. The number of ketones is 1.